The maximum absolute atomic E-state index is 13.0. The predicted octanol–water partition coefficient (Wildman–Crippen LogP) is 4.87. The summed E-state index contributed by atoms with van der Waals surface area (Å²) in [7, 11) is 0. The number of amides is 3. The van der Waals surface area contributed by atoms with Crippen molar-refractivity contribution in [3.05, 3.63) is 77.1 Å². The first-order valence-electron chi connectivity index (χ1n) is 10.0. The first kappa shape index (κ1) is 21.0. The van der Waals surface area contributed by atoms with Gasteiger partial charge < -0.3 is 25.8 Å². The van der Waals surface area contributed by atoms with Crippen LogP contribution in [-0.4, -0.2) is 28.7 Å². The summed E-state index contributed by atoms with van der Waals surface area (Å²) in [6.45, 7) is -2.92. The number of aliphatic hydroxyl groups is 1. The van der Waals surface area contributed by atoms with Crippen molar-refractivity contribution in [1.29, 1.82) is 0 Å². The fourth-order valence-electron chi connectivity index (χ4n) is 2.57. The Hall–Kier alpha value is -3.83. The largest absolute Gasteiger partial charge is 0.457 e. The van der Waals surface area contributed by atoms with Gasteiger partial charge in [0.25, 0.3) is 5.91 Å². The van der Waals surface area contributed by atoms with Gasteiger partial charge in [0.1, 0.15) is 23.9 Å². The Morgan fingerprint density at radius 2 is 1.70 bits per heavy atom. The number of benzene rings is 2. The molecular weight excluding hydrogens is 466 g/mol. The zero-order chi connectivity index (χ0) is 25.8. The number of nitrogens with one attached hydrogen (secondary N) is 3. The van der Waals surface area contributed by atoms with Crippen LogP contribution in [-0.2, 0) is 6.18 Å². The molecule has 1 aromatic heterocycles. The lowest BCUT2D eigenvalue weighted by Gasteiger charge is -2.12. The van der Waals surface area contributed by atoms with Gasteiger partial charge in [-0.25, -0.2) is 4.79 Å². The monoisotopic (exact) mass is 483 g/mol. The van der Waals surface area contributed by atoms with E-state index in [1.165, 1.54) is 48.7 Å². The number of halogens is 4. The molecule has 8 nitrogen and oxygen atoms in total. The van der Waals surface area contributed by atoms with Crippen LogP contribution < -0.4 is 20.7 Å². The molecule has 3 aromatic rings. The molecule has 0 spiro atoms. The molecule has 0 unspecified atom stereocenters. The zero-order valence-corrected chi connectivity index (χ0v) is 17.2. The van der Waals surface area contributed by atoms with Gasteiger partial charge in [-0.05, 0) is 48.5 Å². The molecule has 3 amide bonds. The Morgan fingerprint density at radius 1 is 1.03 bits per heavy atom. The summed E-state index contributed by atoms with van der Waals surface area (Å²) in [5.41, 5.74) is -1.08. The molecule has 0 atom stereocenters. The molecule has 3 rings (SSSR count). The molecule has 0 fully saturated rings. The normalized spacial score (nSPS) is 12.3. The van der Waals surface area contributed by atoms with Crippen LogP contribution in [0.5, 0.6) is 11.5 Å². The minimum atomic E-state index is -4.67. The molecule has 0 aliphatic carbocycles. The number of ether oxygens (including phenoxy) is 1. The number of pyridine rings is 1. The lowest BCUT2D eigenvalue weighted by atomic mass is 10.2. The number of aromatic nitrogens is 1. The molecule has 0 radical (unpaired) electrons. The Balaban J connectivity index is 1.61. The number of alkyl halides is 3. The third-order valence-corrected chi connectivity index (χ3v) is 4.34. The average Bonchev–Trinajstić information content (AvgIpc) is 2.75. The second-order valence-corrected chi connectivity index (χ2v) is 6.75. The van der Waals surface area contributed by atoms with E-state index in [-0.39, 0.29) is 17.1 Å². The van der Waals surface area contributed by atoms with Gasteiger partial charge in [-0.2, -0.15) is 13.2 Å². The maximum Gasteiger partial charge on any atom is 0.417 e. The summed E-state index contributed by atoms with van der Waals surface area (Å²) in [5, 5.41) is 15.0. The van der Waals surface area contributed by atoms with Crippen molar-refractivity contribution < 1.29 is 35.3 Å². The fourth-order valence-corrected chi connectivity index (χ4v) is 2.79. The van der Waals surface area contributed by atoms with Crippen molar-refractivity contribution in [3.63, 3.8) is 0 Å². The second-order valence-electron chi connectivity index (χ2n) is 6.34. The van der Waals surface area contributed by atoms with Gasteiger partial charge in [-0.15, -0.1) is 0 Å². The number of hydrogen-bond donors (Lipinski definition) is 4. The number of anilines is 2. The van der Waals surface area contributed by atoms with E-state index in [4.69, 9.17) is 24.2 Å². The van der Waals surface area contributed by atoms with Gasteiger partial charge in [-0.1, -0.05) is 11.6 Å². The molecule has 33 heavy (non-hydrogen) atoms. The van der Waals surface area contributed by atoms with Gasteiger partial charge in [0.15, 0.2) is 0 Å². The minimum absolute atomic E-state index is 0.106. The summed E-state index contributed by atoms with van der Waals surface area (Å²) in [5.74, 6) is -0.472. The zero-order valence-electron chi connectivity index (χ0n) is 18.4. The van der Waals surface area contributed by atoms with Crippen LogP contribution in [0, 0.1) is 0 Å². The maximum atomic E-state index is 13.0. The Kier molecular flexibility index (Phi) is 6.50. The van der Waals surface area contributed by atoms with E-state index in [0.29, 0.717) is 11.4 Å². The van der Waals surface area contributed by atoms with Crippen LogP contribution in [0.1, 0.15) is 18.8 Å². The van der Waals surface area contributed by atoms with E-state index in [2.05, 4.69) is 15.6 Å². The number of hydrogen-bond acceptors (Lipinski definition) is 5. The van der Waals surface area contributed by atoms with Crippen LogP contribution in [0.3, 0.4) is 0 Å². The highest BCUT2D eigenvalue weighted by molar-refractivity contribution is 6.31. The van der Waals surface area contributed by atoms with Crippen molar-refractivity contribution in [2.45, 2.75) is 6.18 Å². The summed E-state index contributed by atoms with van der Waals surface area (Å²) < 4.78 is 58.4. The smallest absolute Gasteiger partial charge is 0.417 e. The molecule has 0 aliphatic heterocycles. The van der Waals surface area contributed by atoms with Gasteiger partial charge in [0.05, 0.1) is 13.3 Å². The van der Waals surface area contributed by atoms with E-state index in [1.807, 2.05) is 0 Å². The van der Waals surface area contributed by atoms with Gasteiger partial charge in [0.2, 0.25) is 0 Å². The van der Waals surface area contributed by atoms with Crippen LogP contribution in [0.15, 0.2) is 60.8 Å². The topological polar surface area (TPSA) is 113 Å². The molecule has 2 aromatic carbocycles. The molecule has 1 heterocycles. The highest BCUT2D eigenvalue weighted by Gasteiger charge is 2.33. The molecular formula is C21H16ClF3N4O4. The summed E-state index contributed by atoms with van der Waals surface area (Å²) in [6.07, 6.45) is -3.43. The molecule has 0 saturated heterocycles. The molecule has 0 aliphatic rings. The number of carbonyl (C=O) groups excluding carboxylic acids is 2. The van der Waals surface area contributed by atoms with Crippen LogP contribution in [0.2, 0.25) is 5.02 Å². The van der Waals surface area contributed by atoms with E-state index in [1.54, 1.807) is 5.32 Å². The molecule has 0 bridgehead atoms. The van der Waals surface area contributed by atoms with E-state index >= 15 is 0 Å². The van der Waals surface area contributed by atoms with Crippen molar-refractivity contribution in [2.24, 2.45) is 0 Å². The lowest BCUT2D eigenvalue weighted by molar-refractivity contribution is -0.137. The van der Waals surface area contributed by atoms with Gasteiger partial charge >= 0.3 is 12.2 Å². The van der Waals surface area contributed by atoms with Crippen LogP contribution >= 0.6 is 11.6 Å². The number of carbonyl (C=O) groups is 2. The SMILES string of the molecule is [2H][13C]([2H])(O)NC(=O)c1cc(Oc2ccc(NC(=O)Nc3ccc(Cl)c(C(F)(F)F)c3)cc2)ccn1. The van der Waals surface area contributed by atoms with Gasteiger partial charge in [0, 0.05) is 23.6 Å². The molecule has 4 N–H and O–H groups in total. The average molecular weight is 484 g/mol. The Morgan fingerprint density at radius 3 is 2.36 bits per heavy atom. The van der Waals surface area contributed by atoms with E-state index < -0.39 is 35.4 Å². The van der Waals surface area contributed by atoms with Crippen LogP contribution in [0.4, 0.5) is 29.3 Å². The highest BCUT2D eigenvalue weighted by Crippen LogP contribution is 2.36. The van der Waals surface area contributed by atoms with Crippen molar-refractivity contribution in [2.75, 3.05) is 17.3 Å². The summed E-state index contributed by atoms with van der Waals surface area (Å²) in [4.78, 5) is 27.8. The fraction of sp³-hybridized carbons (Fsp3) is 0.0952. The molecule has 12 heteroatoms. The first-order chi connectivity index (χ1) is 16.3. The minimum Gasteiger partial charge on any atom is -0.457 e. The molecule has 172 valence electrons. The summed E-state index contributed by atoms with van der Waals surface area (Å²) in [6, 6.07) is 10.7. The third kappa shape index (κ3) is 6.57. The number of nitrogens with zero attached hydrogens (tertiary/aromatic N) is 1. The summed E-state index contributed by atoms with van der Waals surface area (Å²) >= 11 is 5.56. The van der Waals surface area contributed by atoms with Crippen molar-refractivity contribution >= 4 is 34.9 Å². The van der Waals surface area contributed by atoms with Gasteiger partial charge in [-0.3, -0.25) is 9.78 Å². The van der Waals surface area contributed by atoms with E-state index in [9.17, 15) is 22.8 Å². The standard InChI is InChI=1S/C21H16ClF3N4O4/c22-17-6-3-13(9-16(17)21(23,24)25)29-20(32)28-12-1-4-14(5-2-12)33-15-7-8-26-18(10-15)19(31)27-11-30/h1-10,30H,11H2,(H,27,31)(H2,28,29,32)/i11+1D2. The molecule has 0 saturated carbocycles. The number of rotatable bonds is 6. The quantitative estimate of drug-likeness (QED) is 0.295. The highest BCUT2D eigenvalue weighted by atomic mass is 35.5. The second kappa shape index (κ2) is 10.2. The first-order valence-corrected chi connectivity index (χ1v) is 9.41. The predicted molar refractivity (Wildman–Crippen MR) is 114 cm³/mol. The van der Waals surface area contributed by atoms with Crippen LogP contribution in [0.25, 0.3) is 0 Å². The van der Waals surface area contributed by atoms with E-state index in [0.717, 1.165) is 12.1 Å². The third-order valence-electron chi connectivity index (χ3n) is 4.01. The number of urea groups is 1. The van der Waals surface area contributed by atoms with Crippen molar-refractivity contribution in [3.8, 4) is 11.5 Å². The Labute approximate surface area is 193 Å². The van der Waals surface area contributed by atoms with Crippen molar-refractivity contribution in [1.82, 2.24) is 10.3 Å². The Bertz CT molecular complexity index is 1240. The lowest BCUT2D eigenvalue weighted by Crippen LogP contribution is -2.24.